The van der Waals surface area contributed by atoms with Crippen LogP contribution in [0.2, 0.25) is 0 Å². The molecule has 10 heteroatoms. The van der Waals surface area contributed by atoms with Crippen molar-refractivity contribution in [3.63, 3.8) is 0 Å². The van der Waals surface area contributed by atoms with Crippen LogP contribution in [-0.4, -0.2) is 24.0 Å². The van der Waals surface area contributed by atoms with Gasteiger partial charge in [-0.15, -0.1) is 0 Å². The molecule has 0 radical (unpaired) electrons. The maximum absolute atomic E-state index is 13.3. The number of carbonyl (C=O) groups excluding carboxylic acids is 2. The maximum Gasteiger partial charge on any atom is 0.338 e. The van der Waals surface area contributed by atoms with Gasteiger partial charge < -0.3 is 15.9 Å². The Hall–Kier alpha value is -3.17. The average molecular weight is 298 g/mol. The molecule has 1 aromatic carbocycles. The molecule has 0 spiro atoms. The van der Waals surface area contributed by atoms with Crippen molar-refractivity contribution in [3.8, 4) is 0 Å². The molecule has 0 aliphatic rings. The lowest BCUT2D eigenvalue weighted by molar-refractivity contribution is -0.385. The summed E-state index contributed by atoms with van der Waals surface area (Å²) in [6.45, 7) is 0. The largest absolute Gasteiger partial charge is 0.465 e. The Morgan fingerprint density at radius 1 is 1.48 bits per heavy atom. The minimum Gasteiger partial charge on any atom is -0.465 e. The van der Waals surface area contributed by atoms with E-state index >= 15 is 0 Å². The summed E-state index contributed by atoms with van der Waals surface area (Å²) in [6.07, 6.45) is 2.18. The van der Waals surface area contributed by atoms with Crippen LogP contribution in [0.4, 0.5) is 14.9 Å². The van der Waals surface area contributed by atoms with Crippen LogP contribution < -0.4 is 16.6 Å². The topological polar surface area (TPSA) is 137 Å². The number of nitro benzene ring substituents is 1. The monoisotopic (exact) mass is 298 g/mol. The van der Waals surface area contributed by atoms with Gasteiger partial charge in [0, 0.05) is 6.20 Å². The Kier molecular flexibility index (Phi) is 5.17. The molecule has 0 unspecified atom stereocenters. The van der Waals surface area contributed by atoms with Gasteiger partial charge in [0.05, 0.1) is 29.2 Å². The second kappa shape index (κ2) is 6.84. The standard InChI is InChI=1S/C11H11FN4O5/c1-21-10(17)8-4-6(12)5-9(16(19)20)7(8)2-3-14-15-11(13)18/h2-5,14H,1H3,(H3,13,15,18)/b3-2+. The summed E-state index contributed by atoms with van der Waals surface area (Å²) in [4.78, 5) is 32.1. The van der Waals surface area contributed by atoms with Crippen molar-refractivity contribution in [2.45, 2.75) is 0 Å². The minimum atomic E-state index is -0.956. The molecule has 21 heavy (non-hydrogen) atoms. The maximum atomic E-state index is 13.3. The van der Waals surface area contributed by atoms with Gasteiger partial charge in [-0.1, -0.05) is 0 Å². The van der Waals surface area contributed by atoms with Gasteiger partial charge in [-0.3, -0.25) is 15.5 Å². The summed E-state index contributed by atoms with van der Waals surface area (Å²) in [5.41, 5.74) is 7.84. The fourth-order valence-electron chi connectivity index (χ4n) is 1.45. The summed E-state index contributed by atoms with van der Waals surface area (Å²) >= 11 is 0. The molecule has 1 rings (SSSR count). The molecule has 4 N–H and O–H groups in total. The molecule has 0 saturated carbocycles. The zero-order valence-corrected chi connectivity index (χ0v) is 10.8. The number of hydrogen-bond acceptors (Lipinski definition) is 6. The van der Waals surface area contributed by atoms with Crippen LogP contribution >= 0.6 is 0 Å². The van der Waals surface area contributed by atoms with Crippen LogP contribution in [0.5, 0.6) is 0 Å². The van der Waals surface area contributed by atoms with Crippen molar-refractivity contribution in [2.75, 3.05) is 7.11 Å². The summed E-state index contributed by atoms with van der Waals surface area (Å²) in [6, 6.07) is 0.578. The fraction of sp³-hybridized carbons (Fsp3) is 0.0909. The van der Waals surface area contributed by atoms with Gasteiger partial charge in [-0.25, -0.2) is 14.0 Å². The van der Waals surface area contributed by atoms with Crippen LogP contribution in [-0.2, 0) is 4.74 Å². The third kappa shape index (κ3) is 4.16. The molecular weight excluding hydrogens is 287 g/mol. The first-order valence-corrected chi connectivity index (χ1v) is 5.40. The molecule has 0 aromatic heterocycles. The molecule has 1 aromatic rings. The number of rotatable bonds is 5. The normalized spacial score (nSPS) is 10.2. The Balaban J connectivity index is 3.27. The van der Waals surface area contributed by atoms with E-state index in [1.165, 1.54) is 0 Å². The highest BCUT2D eigenvalue weighted by Gasteiger charge is 2.22. The minimum absolute atomic E-state index is 0.188. The number of nitrogens with two attached hydrogens (primary N) is 1. The number of nitro groups is 1. The number of benzene rings is 1. The van der Waals surface area contributed by atoms with Crippen molar-refractivity contribution < 1.29 is 23.6 Å². The van der Waals surface area contributed by atoms with Crippen LogP contribution in [0.1, 0.15) is 15.9 Å². The van der Waals surface area contributed by atoms with Gasteiger partial charge in [0.15, 0.2) is 0 Å². The molecule has 112 valence electrons. The van der Waals surface area contributed by atoms with Crippen molar-refractivity contribution >= 4 is 23.8 Å². The quantitative estimate of drug-likeness (QED) is 0.415. The molecule has 2 amide bonds. The third-order valence-electron chi connectivity index (χ3n) is 2.25. The van der Waals surface area contributed by atoms with Gasteiger partial charge in [0.2, 0.25) is 0 Å². The van der Waals surface area contributed by atoms with Crippen molar-refractivity contribution in [2.24, 2.45) is 5.73 Å². The van der Waals surface area contributed by atoms with E-state index in [-0.39, 0.29) is 11.1 Å². The van der Waals surface area contributed by atoms with E-state index < -0.39 is 28.4 Å². The van der Waals surface area contributed by atoms with Gasteiger partial charge in [0.1, 0.15) is 5.82 Å². The lowest BCUT2D eigenvalue weighted by atomic mass is 10.0. The number of carbonyl (C=O) groups is 2. The Morgan fingerprint density at radius 2 is 2.14 bits per heavy atom. The van der Waals surface area contributed by atoms with Gasteiger partial charge in [-0.05, 0) is 12.1 Å². The number of halogens is 1. The van der Waals surface area contributed by atoms with E-state index in [4.69, 9.17) is 5.73 Å². The SMILES string of the molecule is COC(=O)c1cc(F)cc([N+](=O)[O-])c1/C=C/NNC(N)=O. The van der Waals surface area contributed by atoms with E-state index in [1.54, 1.807) is 0 Å². The summed E-state index contributed by atoms with van der Waals surface area (Å²) < 4.78 is 17.8. The first-order chi connectivity index (χ1) is 9.86. The summed E-state index contributed by atoms with van der Waals surface area (Å²) in [7, 11) is 1.06. The number of methoxy groups -OCH3 is 1. The molecule has 0 atom stereocenters. The predicted molar refractivity (Wildman–Crippen MR) is 69.3 cm³/mol. The Labute approximate surface area is 117 Å². The van der Waals surface area contributed by atoms with Gasteiger partial charge >= 0.3 is 12.0 Å². The molecule has 0 bridgehead atoms. The highest BCUT2D eigenvalue weighted by atomic mass is 19.1. The number of hydrazine groups is 1. The third-order valence-corrected chi connectivity index (χ3v) is 2.25. The highest BCUT2D eigenvalue weighted by Crippen LogP contribution is 2.26. The Morgan fingerprint density at radius 3 is 2.67 bits per heavy atom. The first-order valence-electron chi connectivity index (χ1n) is 5.40. The van der Waals surface area contributed by atoms with Crippen molar-refractivity contribution in [1.29, 1.82) is 0 Å². The van der Waals surface area contributed by atoms with Crippen molar-refractivity contribution in [3.05, 3.63) is 45.4 Å². The number of urea groups is 1. The number of nitrogens with zero attached hydrogens (tertiary/aromatic N) is 1. The highest BCUT2D eigenvalue weighted by molar-refractivity contribution is 5.95. The fourth-order valence-corrected chi connectivity index (χ4v) is 1.45. The van der Waals surface area contributed by atoms with E-state index in [9.17, 15) is 24.1 Å². The first kappa shape index (κ1) is 15.9. The summed E-state index contributed by atoms with van der Waals surface area (Å²) in [5, 5.41) is 10.9. The lowest BCUT2D eigenvalue weighted by Crippen LogP contribution is -2.37. The van der Waals surface area contributed by atoms with Crippen LogP contribution in [0.3, 0.4) is 0 Å². The number of esters is 1. The van der Waals surface area contributed by atoms with E-state index in [2.05, 4.69) is 10.2 Å². The number of hydrogen-bond donors (Lipinski definition) is 3. The molecular formula is C11H11FN4O5. The molecule has 0 aliphatic heterocycles. The molecule has 0 heterocycles. The number of amides is 2. The lowest BCUT2D eigenvalue weighted by Gasteiger charge is -2.06. The zero-order valence-electron chi connectivity index (χ0n) is 10.8. The number of ether oxygens (including phenoxy) is 1. The van der Waals surface area contributed by atoms with Gasteiger partial charge in [0.25, 0.3) is 5.69 Å². The second-order valence-corrected chi connectivity index (χ2v) is 3.60. The molecule has 0 saturated heterocycles. The Bertz CT molecular complexity index is 617. The number of primary amides is 1. The van der Waals surface area contributed by atoms with Crippen molar-refractivity contribution in [1.82, 2.24) is 10.9 Å². The molecule has 0 fully saturated rings. The van der Waals surface area contributed by atoms with Crippen LogP contribution in [0.15, 0.2) is 18.3 Å². The summed E-state index contributed by atoms with van der Waals surface area (Å²) in [5.74, 6) is -1.90. The number of nitrogens with one attached hydrogen (secondary N) is 2. The second-order valence-electron chi connectivity index (χ2n) is 3.60. The van der Waals surface area contributed by atoms with Gasteiger partial charge in [-0.2, -0.15) is 0 Å². The van der Waals surface area contributed by atoms with Crippen LogP contribution in [0, 0.1) is 15.9 Å². The average Bonchev–Trinajstić information content (AvgIpc) is 2.42. The van der Waals surface area contributed by atoms with E-state index in [0.717, 1.165) is 25.5 Å². The zero-order chi connectivity index (χ0) is 16.0. The smallest absolute Gasteiger partial charge is 0.338 e. The molecule has 0 aliphatic carbocycles. The predicted octanol–water partition coefficient (Wildman–Crippen LogP) is 0.664. The van der Waals surface area contributed by atoms with Crippen LogP contribution in [0.25, 0.3) is 6.08 Å². The molecule has 9 nitrogen and oxygen atoms in total. The van der Waals surface area contributed by atoms with E-state index in [1.807, 2.05) is 5.43 Å². The van der Waals surface area contributed by atoms with E-state index in [0.29, 0.717) is 6.07 Å².